The molecule has 3 heteroatoms. The fraction of sp³-hybridized carbons (Fsp3) is 0.750. The topological polar surface area (TPSA) is 30.5 Å². The van der Waals surface area contributed by atoms with E-state index in [9.17, 15) is 0 Å². The van der Waals surface area contributed by atoms with Crippen molar-refractivity contribution >= 4 is 0 Å². The molecule has 0 aliphatic carbocycles. The normalized spacial score (nSPS) is 12.5. The minimum atomic E-state index is 0.00635. The summed E-state index contributed by atoms with van der Waals surface area (Å²) >= 11 is 0. The third-order valence-electron chi connectivity index (χ3n) is 1.27. The molecule has 0 saturated carbocycles. The number of hydrogen-bond acceptors (Lipinski definition) is 3. The van der Waals surface area contributed by atoms with Crippen molar-refractivity contribution < 1.29 is 9.47 Å². The first-order chi connectivity index (χ1) is 5.35. The maximum absolute atomic E-state index is 5.19. The molecule has 0 aromatic carbocycles. The first-order valence-corrected chi connectivity index (χ1v) is 3.55. The molecule has 0 bridgehead atoms. The van der Waals surface area contributed by atoms with Gasteiger partial charge in [-0.3, -0.25) is 0 Å². The first-order valence-electron chi connectivity index (χ1n) is 3.55. The molecule has 0 amide bonds. The molecule has 3 nitrogen and oxygen atoms in total. The Morgan fingerprint density at radius 2 is 2.27 bits per heavy atom. The van der Waals surface area contributed by atoms with Gasteiger partial charge in [-0.2, -0.15) is 0 Å². The van der Waals surface area contributed by atoms with E-state index < -0.39 is 0 Å². The van der Waals surface area contributed by atoms with E-state index in [1.165, 1.54) is 0 Å². The number of ether oxygens (including phenoxy) is 2. The van der Waals surface area contributed by atoms with Gasteiger partial charge < -0.3 is 14.8 Å². The minimum Gasteiger partial charge on any atom is -0.382 e. The van der Waals surface area contributed by atoms with Crippen molar-refractivity contribution in [3.8, 4) is 12.3 Å². The van der Waals surface area contributed by atoms with Crippen LogP contribution in [0.4, 0.5) is 0 Å². The highest BCUT2D eigenvalue weighted by atomic mass is 16.5. The molecule has 0 spiro atoms. The van der Waals surface area contributed by atoms with E-state index in [-0.39, 0.29) is 6.04 Å². The van der Waals surface area contributed by atoms with E-state index in [1.54, 1.807) is 7.11 Å². The van der Waals surface area contributed by atoms with E-state index in [1.807, 2.05) is 7.05 Å². The molecule has 1 atom stereocenters. The highest BCUT2D eigenvalue weighted by Gasteiger charge is 1.99. The highest BCUT2D eigenvalue weighted by molar-refractivity contribution is 4.97. The summed E-state index contributed by atoms with van der Waals surface area (Å²) in [7, 11) is 3.45. The van der Waals surface area contributed by atoms with Crippen LogP contribution in [-0.2, 0) is 9.47 Å². The Morgan fingerprint density at radius 1 is 1.55 bits per heavy atom. The molecule has 0 aromatic rings. The number of nitrogens with one attached hydrogen (secondary N) is 1. The number of likely N-dealkylation sites (N-methyl/N-ethyl adjacent to an activating group) is 1. The van der Waals surface area contributed by atoms with Gasteiger partial charge in [0.2, 0.25) is 0 Å². The lowest BCUT2D eigenvalue weighted by atomic mass is 10.3. The second-order valence-electron chi connectivity index (χ2n) is 2.08. The molecule has 0 saturated heterocycles. The molecule has 1 N–H and O–H groups in total. The van der Waals surface area contributed by atoms with Crippen LogP contribution in [0.25, 0.3) is 0 Å². The molecule has 64 valence electrons. The Kier molecular flexibility index (Phi) is 7.16. The molecular formula is C8H15NO2. The van der Waals surface area contributed by atoms with Crippen LogP contribution >= 0.6 is 0 Å². The highest BCUT2D eigenvalue weighted by Crippen LogP contribution is 1.82. The molecule has 1 unspecified atom stereocenters. The molecule has 0 aromatic heterocycles. The maximum Gasteiger partial charge on any atom is 0.0921 e. The Hall–Kier alpha value is -0.560. The lowest BCUT2D eigenvalue weighted by Crippen LogP contribution is -2.29. The van der Waals surface area contributed by atoms with Crippen molar-refractivity contribution in [2.75, 3.05) is 34.0 Å². The lowest BCUT2D eigenvalue weighted by Gasteiger charge is -2.08. The second-order valence-corrected chi connectivity index (χ2v) is 2.08. The third-order valence-corrected chi connectivity index (χ3v) is 1.27. The number of methoxy groups -OCH3 is 1. The number of hydrogen-bond donors (Lipinski definition) is 1. The maximum atomic E-state index is 5.19. The van der Waals surface area contributed by atoms with Crippen LogP contribution in [0.1, 0.15) is 0 Å². The second kappa shape index (κ2) is 7.55. The van der Waals surface area contributed by atoms with Gasteiger partial charge in [0.05, 0.1) is 25.9 Å². The van der Waals surface area contributed by atoms with Crippen molar-refractivity contribution in [3.05, 3.63) is 0 Å². The molecule has 0 fully saturated rings. The number of rotatable bonds is 6. The van der Waals surface area contributed by atoms with Gasteiger partial charge in [-0.1, -0.05) is 5.92 Å². The van der Waals surface area contributed by atoms with Crippen molar-refractivity contribution in [3.63, 3.8) is 0 Å². The van der Waals surface area contributed by atoms with Crippen LogP contribution in [0, 0.1) is 12.3 Å². The summed E-state index contributed by atoms with van der Waals surface area (Å²) in [5, 5.41) is 2.93. The van der Waals surface area contributed by atoms with Gasteiger partial charge >= 0.3 is 0 Å². The van der Waals surface area contributed by atoms with Gasteiger partial charge in [0.1, 0.15) is 0 Å². The van der Waals surface area contributed by atoms with Crippen LogP contribution in [0.5, 0.6) is 0 Å². The van der Waals surface area contributed by atoms with Gasteiger partial charge in [-0.15, -0.1) is 6.42 Å². The first kappa shape index (κ1) is 10.4. The Bertz CT molecular complexity index is 120. The Morgan fingerprint density at radius 3 is 2.73 bits per heavy atom. The van der Waals surface area contributed by atoms with Crippen LogP contribution in [-0.4, -0.2) is 40.0 Å². The summed E-state index contributed by atoms with van der Waals surface area (Å²) in [4.78, 5) is 0. The fourth-order valence-corrected chi connectivity index (χ4v) is 0.558. The largest absolute Gasteiger partial charge is 0.382 e. The van der Waals surface area contributed by atoms with Crippen molar-refractivity contribution in [2.45, 2.75) is 6.04 Å². The molecule has 0 aliphatic rings. The van der Waals surface area contributed by atoms with E-state index in [0.29, 0.717) is 19.8 Å². The molecular weight excluding hydrogens is 142 g/mol. The average molecular weight is 157 g/mol. The van der Waals surface area contributed by atoms with Crippen molar-refractivity contribution in [1.82, 2.24) is 5.32 Å². The minimum absolute atomic E-state index is 0.00635. The van der Waals surface area contributed by atoms with Gasteiger partial charge in [0, 0.05) is 7.11 Å². The predicted molar refractivity (Wildman–Crippen MR) is 44.4 cm³/mol. The van der Waals surface area contributed by atoms with E-state index in [2.05, 4.69) is 11.2 Å². The zero-order valence-electron chi connectivity index (χ0n) is 7.09. The Labute approximate surface area is 68.1 Å². The van der Waals surface area contributed by atoms with Crippen LogP contribution in [0.3, 0.4) is 0 Å². The van der Waals surface area contributed by atoms with Gasteiger partial charge in [-0.25, -0.2) is 0 Å². The van der Waals surface area contributed by atoms with E-state index in [0.717, 1.165) is 0 Å². The van der Waals surface area contributed by atoms with Gasteiger partial charge in [0.15, 0.2) is 0 Å². The van der Waals surface area contributed by atoms with Crippen LogP contribution in [0.2, 0.25) is 0 Å². The third kappa shape index (κ3) is 5.86. The summed E-state index contributed by atoms with van der Waals surface area (Å²) in [6, 6.07) is 0.00635. The molecule has 0 rings (SSSR count). The lowest BCUT2D eigenvalue weighted by molar-refractivity contribution is 0.0662. The van der Waals surface area contributed by atoms with Gasteiger partial charge in [0.25, 0.3) is 0 Å². The van der Waals surface area contributed by atoms with Crippen LogP contribution < -0.4 is 5.32 Å². The predicted octanol–water partition coefficient (Wildman–Crippen LogP) is -0.129. The van der Waals surface area contributed by atoms with Gasteiger partial charge in [-0.05, 0) is 7.05 Å². The summed E-state index contributed by atoms with van der Waals surface area (Å²) in [6.07, 6.45) is 5.17. The SMILES string of the molecule is C#CC(COCCOC)NC. The molecule has 0 radical (unpaired) electrons. The fourth-order valence-electron chi connectivity index (χ4n) is 0.558. The standard InChI is InChI=1S/C8H15NO2/c1-4-8(9-2)7-11-6-5-10-3/h1,8-9H,5-7H2,2-3H3. The van der Waals surface area contributed by atoms with Crippen molar-refractivity contribution in [1.29, 1.82) is 0 Å². The summed E-state index contributed by atoms with van der Waals surface area (Å²) in [5.41, 5.74) is 0. The summed E-state index contributed by atoms with van der Waals surface area (Å²) < 4.78 is 9.98. The molecule has 11 heavy (non-hydrogen) atoms. The zero-order valence-corrected chi connectivity index (χ0v) is 7.09. The van der Waals surface area contributed by atoms with Crippen molar-refractivity contribution in [2.24, 2.45) is 0 Å². The van der Waals surface area contributed by atoms with E-state index in [4.69, 9.17) is 15.9 Å². The monoisotopic (exact) mass is 157 g/mol. The quantitative estimate of drug-likeness (QED) is 0.430. The smallest absolute Gasteiger partial charge is 0.0921 e. The van der Waals surface area contributed by atoms with E-state index >= 15 is 0 Å². The number of terminal acetylenes is 1. The molecule has 0 aliphatic heterocycles. The van der Waals surface area contributed by atoms with Crippen LogP contribution in [0.15, 0.2) is 0 Å². The Balaban J connectivity index is 3.16. The molecule has 0 heterocycles. The summed E-state index contributed by atoms with van der Waals surface area (Å²) in [6.45, 7) is 1.74. The summed E-state index contributed by atoms with van der Waals surface area (Å²) in [5.74, 6) is 2.55. The average Bonchev–Trinajstić information content (AvgIpc) is 2.05. The zero-order chi connectivity index (χ0) is 8.53.